The van der Waals surface area contributed by atoms with Crippen LogP contribution in [-0.2, 0) is 14.8 Å². The van der Waals surface area contributed by atoms with Crippen LogP contribution in [0.1, 0.15) is 19.4 Å². The fraction of sp³-hybridized carbons (Fsp3) is 0.308. The molecule has 5 nitrogen and oxygen atoms in total. The van der Waals surface area contributed by atoms with Crippen LogP contribution in [0.4, 0.5) is 0 Å². The van der Waals surface area contributed by atoms with Crippen LogP contribution in [0.2, 0.25) is 0 Å². The summed E-state index contributed by atoms with van der Waals surface area (Å²) in [7, 11) is -3.49. The van der Waals surface area contributed by atoms with Gasteiger partial charge in [0, 0.05) is 12.6 Å². The Kier molecular flexibility index (Phi) is 5.26. The van der Waals surface area contributed by atoms with Crippen LogP contribution < -0.4 is 4.72 Å². The van der Waals surface area contributed by atoms with Gasteiger partial charge in [0.25, 0.3) is 0 Å². The first-order chi connectivity index (χ1) is 8.81. The Balaban J connectivity index is 2.83. The van der Waals surface area contributed by atoms with E-state index < -0.39 is 16.0 Å². The van der Waals surface area contributed by atoms with Crippen molar-refractivity contribution in [1.29, 1.82) is 0 Å². The van der Waals surface area contributed by atoms with Gasteiger partial charge in [0.2, 0.25) is 10.0 Å². The van der Waals surface area contributed by atoms with Crippen molar-refractivity contribution in [2.24, 2.45) is 5.92 Å². The predicted octanol–water partition coefficient (Wildman–Crippen LogP) is 1.72. The molecule has 0 spiro atoms. The van der Waals surface area contributed by atoms with E-state index >= 15 is 0 Å². The monoisotopic (exact) mass is 283 g/mol. The second kappa shape index (κ2) is 6.49. The van der Waals surface area contributed by atoms with E-state index in [0.717, 1.165) is 6.08 Å². The van der Waals surface area contributed by atoms with Gasteiger partial charge in [0.15, 0.2) is 0 Å². The van der Waals surface area contributed by atoms with Gasteiger partial charge in [-0.3, -0.25) is 0 Å². The van der Waals surface area contributed by atoms with E-state index in [2.05, 4.69) is 4.72 Å². The van der Waals surface area contributed by atoms with Crippen molar-refractivity contribution in [2.75, 3.05) is 6.54 Å². The molecule has 1 aromatic carbocycles. The lowest BCUT2D eigenvalue weighted by Crippen LogP contribution is -2.27. The Morgan fingerprint density at radius 2 is 1.89 bits per heavy atom. The molecule has 2 N–H and O–H groups in total. The van der Waals surface area contributed by atoms with Crippen molar-refractivity contribution < 1.29 is 18.3 Å². The van der Waals surface area contributed by atoms with Gasteiger partial charge < -0.3 is 5.11 Å². The molecule has 104 valence electrons. The Morgan fingerprint density at radius 1 is 1.32 bits per heavy atom. The lowest BCUT2D eigenvalue weighted by molar-refractivity contribution is -0.131. The van der Waals surface area contributed by atoms with E-state index in [4.69, 9.17) is 5.11 Å². The molecule has 0 saturated heterocycles. The smallest absolute Gasteiger partial charge is 0.328 e. The topological polar surface area (TPSA) is 83.5 Å². The SMILES string of the molecule is CC(C)CNS(=O)(=O)c1ccc(/C=C/C(=O)O)cc1. The van der Waals surface area contributed by atoms with E-state index in [1.807, 2.05) is 13.8 Å². The molecule has 6 heteroatoms. The van der Waals surface area contributed by atoms with Crippen molar-refractivity contribution in [2.45, 2.75) is 18.7 Å². The van der Waals surface area contributed by atoms with Crippen LogP contribution >= 0.6 is 0 Å². The Morgan fingerprint density at radius 3 is 2.37 bits per heavy atom. The third kappa shape index (κ3) is 5.23. The molecule has 1 aromatic rings. The number of sulfonamides is 1. The molecule has 0 aliphatic carbocycles. The number of carboxylic acids is 1. The predicted molar refractivity (Wildman–Crippen MR) is 73.1 cm³/mol. The first-order valence-electron chi connectivity index (χ1n) is 5.82. The van der Waals surface area contributed by atoms with Crippen molar-refractivity contribution >= 4 is 22.1 Å². The van der Waals surface area contributed by atoms with Crippen molar-refractivity contribution in [3.8, 4) is 0 Å². The molecule has 0 aliphatic rings. The molecule has 0 radical (unpaired) electrons. The molecule has 19 heavy (non-hydrogen) atoms. The van der Waals surface area contributed by atoms with Gasteiger partial charge in [-0.1, -0.05) is 26.0 Å². The van der Waals surface area contributed by atoms with Gasteiger partial charge >= 0.3 is 5.97 Å². The largest absolute Gasteiger partial charge is 0.478 e. The van der Waals surface area contributed by atoms with E-state index in [1.165, 1.54) is 18.2 Å². The Labute approximate surface area is 113 Å². The summed E-state index contributed by atoms with van der Waals surface area (Å²) >= 11 is 0. The molecule has 0 heterocycles. The molecule has 0 bridgehead atoms. The lowest BCUT2D eigenvalue weighted by atomic mass is 10.2. The number of aliphatic carboxylic acids is 1. The number of rotatable bonds is 6. The zero-order valence-electron chi connectivity index (χ0n) is 10.8. The highest BCUT2D eigenvalue weighted by Crippen LogP contribution is 2.11. The summed E-state index contributed by atoms with van der Waals surface area (Å²) < 4.78 is 26.3. The normalized spacial score (nSPS) is 12.2. The minimum atomic E-state index is -3.49. The maximum Gasteiger partial charge on any atom is 0.328 e. The van der Waals surface area contributed by atoms with Crippen LogP contribution in [0.3, 0.4) is 0 Å². The number of carbonyl (C=O) groups is 1. The van der Waals surface area contributed by atoms with Gasteiger partial charge in [-0.25, -0.2) is 17.9 Å². The van der Waals surface area contributed by atoms with E-state index in [-0.39, 0.29) is 10.8 Å². The second-order valence-electron chi connectivity index (χ2n) is 4.49. The maximum absolute atomic E-state index is 11.9. The van der Waals surface area contributed by atoms with Crippen LogP contribution in [0.15, 0.2) is 35.2 Å². The summed E-state index contributed by atoms with van der Waals surface area (Å²) in [5.74, 6) is -0.817. The minimum Gasteiger partial charge on any atom is -0.478 e. The number of nitrogens with one attached hydrogen (secondary N) is 1. The molecule has 0 saturated carbocycles. The summed E-state index contributed by atoms with van der Waals surface area (Å²) in [6.45, 7) is 4.22. The molecular weight excluding hydrogens is 266 g/mol. The molecule has 0 aromatic heterocycles. The highest BCUT2D eigenvalue weighted by atomic mass is 32.2. The van der Waals surface area contributed by atoms with Crippen molar-refractivity contribution in [3.05, 3.63) is 35.9 Å². The van der Waals surface area contributed by atoms with E-state index in [1.54, 1.807) is 12.1 Å². The molecule has 0 amide bonds. The minimum absolute atomic E-state index is 0.167. The molecule has 0 fully saturated rings. The van der Waals surface area contributed by atoms with Crippen LogP contribution in [0, 0.1) is 5.92 Å². The fourth-order valence-electron chi connectivity index (χ4n) is 1.29. The number of carboxylic acid groups (broad SMARTS) is 1. The molecular formula is C13H17NO4S. The van der Waals surface area contributed by atoms with Gasteiger partial charge in [-0.2, -0.15) is 0 Å². The quantitative estimate of drug-likeness (QED) is 0.779. The first kappa shape index (κ1) is 15.4. The summed E-state index contributed by atoms with van der Waals surface area (Å²) in [5.41, 5.74) is 0.630. The molecule has 0 atom stereocenters. The average Bonchev–Trinajstić information content (AvgIpc) is 2.34. The summed E-state index contributed by atoms with van der Waals surface area (Å²) in [4.78, 5) is 10.5. The van der Waals surface area contributed by atoms with Crippen LogP contribution in [0.5, 0.6) is 0 Å². The first-order valence-corrected chi connectivity index (χ1v) is 7.30. The third-order valence-corrected chi connectivity index (χ3v) is 3.73. The third-order valence-electron chi connectivity index (χ3n) is 2.29. The van der Waals surface area contributed by atoms with Crippen molar-refractivity contribution in [1.82, 2.24) is 4.72 Å². The number of benzene rings is 1. The molecule has 0 aliphatic heterocycles. The van der Waals surface area contributed by atoms with Crippen LogP contribution in [0.25, 0.3) is 6.08 Å². The van der Waals surface area contributed by atoms with Gasteiger partial charge in [-0.15, -0.1) is 0 Å². The van der Waals surface area contributed by atoms with Crippen LogP contribution in [-0.4, -0.2) is 26.0 Å². The highest BCUT2D eigenvalue weighted by Gasteiger charge is 2.13. The second-order valence-corrected chi connectivity index (χ2v) is 6.25. The number of hydrogen-bond donors (Lipinski definition) is 2. The summed E-state index contributed by atoms with van der Waals surface area (Å²) in [6, 6.07) is 6.02. The Bertz CT molecular complexity index is 559. The maximum atomic E-state index is 11.9. The van der Waals surface area contributed by atoms with Gasteiger partial charge in [0.05, 0.1) is 4.90 Å². The van der Waals surface area contributed by atoms with Gasteiger partial charge in [-0.05, 0) is 29.7 Å². The van der Waals surface area contributed by atoms with E-state index in [0.29, 0.717) is 12.1 Å². The highest BCUT2D eigenvalue weighted by molar-refractivity contribution is 7.89. The lowest BCUT2D eigenvalue weighted by Gasteiger charge is -2.08. The van der Waals surface area contributed by atoms with Gasteiger partial charge in [0.1, 0.15) is 0 Å². The summed E-state index contributed by atoms with van der Waals surface area (Å²) in [6.07, 6.45) is 2.40. The molecule has 1 rings (SSSR count). The summed E-state index contributed by atoms with van der Waals surface area (Å²) in [5, 5.41) is 8.49. The Hall–Kier alpha value is -1.66. The molecule has 0 unspecified atom stereocenters. The standard InChI is InChI=1S/C13H17NO4S/c1-10(2)9-14-19(17,18)12-6-3-11(4-7-12)5-8-13(15)16/h3-8,10,14H,9H2,1-2H3,(H,15,16)/b8-5+. The van der Waals surface area contributed by atoms with E-state index in [9.17, 15) is 13.2 Å². The fourth-order valence-corrected chi connectivity index (χ4v) is 2.50. The number of hydrogen-bond acceptors (Lipinski definition) is 3. The zero-order valence-corrected chi connectivity index (χ0v) is 11.6. The van der Waals surface area contributed by atoms with Crippen molar-refractivity contribution in [3.63, 3.8) is 0 Å². The zero-order chi connectivity index (χ0) is 14.5. The average molecular weight is 283 g/mol.